The number of hydrogen-bond donors (Lipinski definition) is 1. The van der Waals surface area contributed by atoms with Crippen molar-refractivity contribution in [3.63, 3.8) is 0 Å². The summed E-state index contributed by atoms with van der Waals surface area (Å²) in [6, 6.07) is -1.19. The molecule has 0 saturated carbocycles. The van der Waals surface area contributed by atoms with Crippen molar-refractivity contribution >= 4 is 6.03 Å². The normalized spacial score (nSPS) is 6.67. The van der Waals surface area contributed by atoms with E-state index < -0.39 is 6.03 Å². The summed E-state index contributed by atoms with van der Waals surface area (Å²) in [5.74, 6) is 0. The molecule has 0 aliphatic heterocycles. The van der Waals surface area contributed by atoms with E-state index in [2.05, 4.69) is 0 Å². The summed E-state index contributed by atoms with van der Waals surface area (Å²) in [4.78, 5) is 18.2. The molecule has 0 unspecified atom stereocenters. The van der Waals surface area contributed by atoms with E-state index in [1.165, 1.54) is 5.43 Å². The largest absolute Gasteiger partial charge is 0.356 e. The highest BCUT2D eigenvalue weighted by molar-refractivity contribution is 5.70. The average Bonchev–Trinajstić information content (AvgIpc) is 1.35. The first kappa shape index (κ1) is 4.87. The van der Waals surface area contributed by atoms with Crippen LogP contribution < -0.4 is 11.2 Å². The quantitative estimate of drug-likeness (QED) is 0.351. The molecule has 0 aliphatic carbocycles. The molecule has 0 rings (SSSR count). The molecule has 1 radical (unpaired) electrons. The van der Waals surface area contributed by atoms with Crippen LogP contribution in [0, 0.1) is 4.91 Å². The molecule has 0 aromatic carbocycles. The lowest BCUT2D eigenvalue weighted by Crippen LogP contribution is -2.13. The number of amides is 2. The number of hydrogen-bond acceptors (Lipinski definition) is 3. The van der Waals surface area contributed by atoms with Gasteiger partial charge in [-0.25, -0.2) is 10.5 Å². The Morgan fingerprint density at radius 2 is 2.33 bits per heavy atom. The van der Waals surface area contributed by atoms with Crippen LogP contribution in [-0.2, 0) is 0 Å². The van der Waals surface area contributed by atoms with Crippen molar-refractivity contribution in [2.75, 3.05) is 0 Å². The van der Waals surface area contributed by atoms with Crippen molar-refractivity contribution in [1.29, 1.82) is 0 Å². The molecule has 0 aliphatic rings. The number of carbonyl (C=O) groups is 1. The van der Waals surface area contributed by atoms with Gasteiger partial charge in [0.25, 0.3) is 0 Å². The number of rotatable bonds is 1. The predicted octanol–water partition coefficient (Wildman–Crippen LogP) is -0.340. The van der Waals surface area contributed by atoms with Crippen molar-refractivity contribution in [3.05, 3.63) is 4.91 Å². The maximum atomic E-state index is 9.31. The van der Waals surface area contributed by atoms with Crippen LogP contribution >= 0.6 is 0 Å². The van der Waals surface area contributed by atoms with Crippen molar-refractivity contribution < 1.29 is 4.79 Å². The summed E-state index contributed by atoms with van der Waals surface area (Å²) in [5, 5.41) is 1.90. The van der Waals surface area contributed by atoms with Gasteiger partial charge in [-0.15, -0.1) is 4.91 Å². The lowest BCUT2D eigenvalue weighted by atomic mass is 11.2. The van der Waals surface area contributed by atoms with Gasteiger partial charge in [0.1, 0.15) is 0 Å². The molecular weight excluding hydrogens is 86.0 g/mol. The Bertz CT molecular complexity index is 69.2. The SMILES string of the molecule is [NH]C(=O)NN=O. The monoisotopic (exact) mass is 88.0 g/mol. The molecule has 5 heteroatoms. The molecule has 0 atom stereocenters. The van der Waals surface area contributed by atoms with Crippen LogP contribution in [0.3, 0.4) is 0 Å². The first-order chi connectivity index (χ1) is 2.77. The number of urea groups is 1. The van der Waals surface area contributed by atoms with Gasteiger partial charge in [0, 0.05) is 0 Å². The third-order valence-corrected chi connectivity index (χ3v) is 0.147. The molecule has 2 amide bonds. The Morgan fingerprint density at radius 1 is 1.83 bits per heavy atom. The number of nitrogens with one attached hydrogen (secondary N) is 2. The third kappa shape index (κ3) is 2.87. The second-order valence-electron chi connectivity index (χ2n) is 0.532. The zero-order chi connectivity index (χ0) is 4.99. The van der Waals surface area contributed by atoms with E-state index in [-0.39, 0.29) is 0 Å². The van der Waals surface area contributed by atoms with E-state index in [1.54, 1.807) is 0 Å². The highest BCUT2D eigenvalue weighted by Crippen LogP contribution is 1.52. The molecule has 2 N–H and O–H groups in total. The van der Waals surface area contributed by atoms with Gasteiger partial charge in [0.05, 0.1) is 5.29 Å². The summed E-state index contributed by atoms with van der Waals surface area (Å²) in [5.41, 5.74) is 7.24. The molecule has 0 aromatic heterocycles. The minimum Gasteiger partial charge on any atom is -0.246 e. The van der Waals surface area contributed by atoms with Gasteiger partial charge in [0.15, 0.2) is 0 Å². The first-order valence-electron chi connectivity index (χ1n) is 1.11. The highest BCUT2D eigenvalue weighted by atomic mass is 16.3. The number of nitroso groups, excluding NO2 is 1. The zero-order valence-corrected chi connectivity index (χ0v) is 2.76. The molecule has 0 fully saturated rings. The minimum atomic E-state index is -1.19. The molecular formula is CH2N3O2. The van der Waals surface area contributed by atoms with Crippen LogP contribution in [0.1, 0.15) is 0 Å². The average molecular weight is 88.0 g/mol. The van der Waals surface area contributed by atoms with Crippen LogP contribution in [-0.4, -0.2) is 6.03 Å². The van der Waals surface area contributed by atoms with Crippen LogP contribution in [0.2, 0.25) is 0 Å². The lowest BCUT2D eigenvalue weighted by molar-refractivity contribution is 0.248. The topological polar surface area (TPSA) is 82.3 Å². The van der Waals surface area contributed by atoms with Crippen molar-refractivity contribution in [2.24, 2.45) is 5.29 Å². The molecule has 0 heterocycles. The maximum absolute atomic E-state index is 9.31. The van der Waals surface area contributed by atoms with Gasteiger partial charge in [-0.2, -0.15) is 5.43 Å². The first-order valence-corrected chi connectivity index (χ1v) is 1.11. The third-order valence-electron chi connectivity index (χ3n) is 0.147. The summed E-state index contributed by atoms with van der Waals surface area (Å²) in [6.45, 7) is 0. The molecule has 5 nitrogen and oxygen atoms in total. The lowest BCUT2D eigenvalue weighted by Gasteiger charge is -1.75. The Hall–Kier alpha value is -1.13. The standard InChI is InChI=1S/CH2N3O2/c2-1(5)3-4-6/h2H,(H,3,5,6). The smallest absolute Gasteiger partial charge is 0.246 e. The van der Waals surface area contributed by atoms with Gasteiger partial charge in [-0.05, 0) is 0 Å². The Kier molecular flexibility index (Phi) is 1.73. The van der Waals surface area contributed by atoms with Crippen molar-refractivity contribution in [2.45, 2.75) is 0 Å². The molecule has 0 aromatic rings. The van der Waals surface area contributed by atoms with Gasteiger partial charge in [0.2, 0.25) is 0 Å². The Balaban J connectivity index is 3.05. The Labute approximate surface area is 33.5 Å². The van der Waals surface area contributed by atoms with E-state index in [4.69, 9.17) is 10.6 Å². The number of nitrogens with zero attached hydrogens (tertiary/aromatic N) is 1. The van der Waals surface area contributed by atoms with E-state index in [0.29, 0.717) is 0 Å². The zero-order valence-electron chi connectivity index (χ0n) is 2.76. The molecule has 0 saturated heterocycles. The van der Waals surface area contributed by atoms with Gasteiger partial charge in [-0.3, -0.25) is 0 Å². The summed E-state index contributed by atoms with van der Waals surface area (Å²) >= 11 is 0. The molecule has 33 valence electrons. The number of carbonyl (C=O) groups excluding carboxylic acids is 1. The van der Waals surface area contributed by atoms with Crippen LogP contribution in [0.5, 0.6) is 0 Å². The van der Waals surface area contributed by atoms with E-state index in [9.17, 15) is 4.79 Å². The molecule has 0 spiro atoms. The Morgan fingerprint density at radius 3 is 2.33 bits per heavy atom. The van der Waals surface area contributed by atoms with Gasteiger partial charge < -0.3 is 0 Å². The minimum absolute atomic E-state index is 1.19. The van der Waals surface area contributed by atoms with E-state index in [1.807, 2.05) is 5.29 Å². The van der Waals surface area contributed by atoms with Gasteiger partial charge >= 0.3 is 6.03 Å². The molecule has 6 heavy (non-hydrogen) atoms. The second-order valence-corrected chi connectivity index (χ2v) is 0.532. The molecule has 0 bridgehead atoms. The van der Waals surface area contributed by atoms with Crippen LogP contribution in [0.4, 0.5) is 4.79 Å². The fraction of sp³-hybridized carbons (Fsp3) is 0. The van der Waals surface area contributed by atoms with Crippen molar-refractivity contribution in [1.82, 2.24) is 11.2 Å². The summed E-state index contributed by atoms with van der Waals surface area (Å²) < 4.78 is 0. The van der Waals surface area contributed by atoms with Crippen molar-refractivity contribution in [3.8, 4) is 0 Å². The highest BCUT2D eigenvalue weighted by Gasteiger charge is 1.82. The summed E-state index contributed by atoms with van der Waals surface area (Å²) in [7, 11) is 0. The van der Waals surface area contributed by atoms with Crippen LogP contribution in [0.15, 0.2) is 5.29 Å². The fourth-order valence-corrected chi connectivity index (χ4v) is 0.0415. The van der Waals surface area contributed by atoms with Crippen LogP contribution in [0.25, 0.3) is 0 Å². The predicted molar refractivity (Wildman–Crippen MR) is 17.4 cm³/mol. The van der Waals surface area contributed by atoms with Gasteiger partial charge in [-0.1, -0.05) is 0 Å². The van der Waals surface area contributed by atoms with E-state index >= 15 is 0 Å². The van der Waals surface area contributed by atoms with E-state index in [0.717, 1.165) is 0 Å². The maximum Gasteiger partial charge on any atom is 0.356 e. The summed E-state index contributed by atoms with van der Waals surface area (Å²) in [6.07, 6.45) is 0. The second kappa shape index (κ2) is 2.13. The fourth-order valence-electron chi connectivity index (χ4n) is 0.0415.